The van der Waals surface area contributed by atoms with Gasteiger partial charge in [0.1, 0.15) is 23.2 Å². The zero-order valence-electron chi connectivity index (χ0n) is 32.1. The van der Waals surface area contributed by atoms with E-state index in [-0.39, 0.29) is 40.9 Å². The number of nitrogens with zero attached hydrogens (tertiary/aromatic N) is 9. The average Bonchev–Trinajstić information content (AvgIpc) is 3.88. The van der Waals surface area contributed by atoms with Crippen molar-refractivity contribution in [3.05, 3.63) is 70.5 Å². The number of piperidine rings is 1. The standard InChI is InChI=1S/C41H47N11O4/c1-47(2)37(55)31-19-25-20-43-38(46-35(25)51(31)26-7-4-5-8-26)44-32-13-11-27(21-42-32)49-15-17-50(18-16-49)41-22-40(23-41,24-41)28-9-6-10-29-34(28)48(3)39(56)52(29)30-12-14-33(53)45-36(30)54/h6,9-11,13,19-21,26,30H,4-5,7-8,12,14-18,22-24H2,1-3H3,(H,45,53,54)(H,42,43,44,46)/t30-,40?,41?/m1/s1. The number of para-hydroxylation sites is 1. The lowest BCUT2D eigenvalue weighted by molar-refractivity contribution is -0.170. The first-order valence-electron chi connectivity index (χ1n) is 19.9. The van der Waals surface area contributed by atoms with Crippen molar-refractivity contribution in [3.8, 4) is 0 Å². The minimum absolute atomic E-state index is 0.0286. The molecule has 2 bridgehead atoms. The molecule has 5 aromatic rings. The normalized spacial score (nSPS) is 25.3. The van der Waals surface area contributed by atoms with Crippen molar-refractivity contribution >= 4 is 57.2 Å². The van der Waals surface area contributed by atoms with E-state index in [9.17, 15) is 19.2 Å². The summed E-state index contributed by atoms with van der Waals surface area (Å²) in [6.45, 7) is 3.76. The zero-order valence-corrected chi connectivity index (χ0v) is 32.1. The highest BCUT2D eigenvalue weighted by Crippen LogP contribution is 2.71. The molecule has 1 aromatic carbocycles. The number of hydrogen-bond acceptors (Lipinski definition) is 10. The van der Waals surface area contributed by atoms with E-state index in [1.807, 2.05) is 30.5 Å². The third kappa shape index (κ3) is 5.30. The second-order valence-corrected chi connectivity index (χ2v) is 16.9. The third-order valence-corrected chi connectivity index (χ3v) is 13.4. The highest BCUT2D eigenvalue weighted by atomic mass is 16.2. The van der Waals surface area contributed by atoms with Crippen molar-refractivity contribution in [1.82, 2.24) is 43.8 Å². The van der Waals surface area contributed by atoms with Gasteiger partial charge in [-0.3, -0.25) is 33.7 Å². The van der Waals surface area contributed by atoms with Gasteiger partial charge in [-0.1, -0.05) is 25.0 Å². The monoisotopic (exact) mass is 757 g/mol. The number of carbonyl (C=O) groups is 3. The molecule has 1 atom stereocenters. The van der Waals surface area contributed by atoms with Crippen LogP contribution in [-0.4, -0.2) is 102 Å². The van der Waals surface area contributed by atoms with Gasteiger partial charge in [-0.05, 0) is 68.4 Å². The van der Waals surface area contributed by atoms with Gasteiger partial charge < -0.3 is 19.7 Å². The number of imide groups is 1. The second kappa shape index (κ2) is 12.7. The lowest BCUT2D eigenvalue weighted by Gasteiger charge is -2.75. The van der Waals surface area contributed by atoms with Gasteiger partial charge in [-0.25, -0.2) is 14.8 Å². The molecule has 15 heteroatoms. The number of rotatable bonds is 8. The Morgan fingerprint density at radius 2 is 1.70 bits per heavy atom. The number of imidazole rings is 1. The molecule has 4 aromatic heterocycles. The molecule has 2 aliphatic heterocycles. The number of anilines is 3. The Morgan fingerprint density at radius 3 is 2.39 bits per heavy atom. The summed E-state index contributed by atoms with van der Waals surface area (Å²) in [5.74, 6) is 0.391. The summed E-state index contributed by atoms with van der Waals surface area (Å²) < 4.78 is 5.40. The molecule has 4 saturated carbocycles. The van der Waals surface area contributed by atoms with Gasteiger partial charge >= 0.3 is 5.69 Å². The Kier molecular flexibility index (Phi) is 7.93. The van der Waals surface area contributed by atoms with Crippen LogP contribution in [-0.2, 0) is 22.1 Å². The maximum absolute atomic E-state index is 13.5. The Bertz CT molecular complexity index is 2460. The summed E-state index contributed by atoms with van der Waals surface area (Å²) >= 11 is 0. The molecule has 0 radical (unpaired) electrons. The Labute approximate surface area is 323 Å². The van der Waals surface area contributed by atoms with Crippen molar-refractivity contribution < 1.29 is 14.4 Å². The van der Waals surface area contributed by atoms with Crippen molar-refractivity contribution in [3.63, 3.8) is 0 Å². The number of carbonyl (C=O) groups excluding carboxylic acids is 3. The van der Waals surface area contributed by atoms with E-state index in [2.05, 4.69) is 42.1 Å². The number of piperazine rings is 1. The smallest absolute Gasteiger partial charge is 0.329 e. The van der Waals surface area contributed by atoms with Crippen LogP contribution in [0.4, 0.5) is 17.5 Å². The predicted octanol–water partition coefficient (Wildman–Crippen LogP) is 4.01. The van der Waals surface area contributed by atoms with E-state index >= 15 is 0 Å². The summed E-state index contributed by atoms with van der Waals surface area (Å²) in [7, 11) is 5.35. The highest BCUT2D eigenvalue weighted by molar-refractivity contribution is 6.00. The Balaban J connectivity index is 0.794. The topological polar surface area (TPSA) is 156 Å². The van der Waals surface area contributed by atoms with Crippen molar-refractivity contribution in [1.29, 1.82) is 0 Å². The van der Waals surface area contributed by atoms with Crippen LogP contribution in [0.3, 0.4) is 0 Å². The molecule has 11 rings (SSSR count). The Morgan fingerprint density at radius 1 is 0.929 bits per heavy atom. The lowest BCUT2D eigenvalue weighted by atomic mass is 9.36. The molecule has 2 N–H and O–H groups in total. The number of nitrogens with one attached hydrogen (secondary N) is 2. The number of benzene rings is 1. The summed E-state index contributed by atoms with van der Waals surface area (Å²) in [5, 5.41) is 6.56. The summed E-state index contributed by atoms with van der Waals surface area (Å²) in [6, 6.07) is 11.6. The first-order valence-corrected chi connectivity index (χ1v) is 19.9. The molecule has 0 unspecified atom stereocenters. The fraction of sp³-hybridized carbons (Fsp3) is 0.488. The lowest BCUT2D eigenvalue weighted by Crippen LogP contribution is -2.78. The quantitative estimate of drug-likeness (QED) is 0.222. The minimum atomic E-state index is -0.683. The molecule has 2 saturated heterocycles. The van der Waals surface area contributed by atoms with E-state index in [1.54, 1.807) is 41.4 Å². The van der Waals surface area contributed by atoms with Crippen LogP contribution in [0.5, 0.6) is 0 Å². The molecular weight excluding hydrogens is 711 g/mol. The fourth-order valence-electron chi connectivity index (χ4n) is 10.6. The van der Waals surface area contributed by atoms with Gasteiger partial charge in [-0.15, -0.1) is 0 Å². The maximum Gasteiger partial charge on any atom is 0.329 e. The fourth-order valence-corrected chi connectivity index (χ4v) is 10.6. The zero-order chi connectivity index (χ0) is 38.5. The third-order valence-electron chi connectivity index (χ3n) is 13.4. The van der Waals surface area contributed by atoms with E-state index in [0.717, 1.165) is 98.9 Å². The van der Waals surface area contributed by atoms with Gasteiger partial charge in [0, 0.05) is 82.3 Å². The van der Waals surface area contributed by atoms with E-state index < -0.39 is 11.9 Å². The van der Waals surface area contributed by atoms with E-state index in [0.29, 0.717) is 23.9 Å². The van der Waals surface area contributed by atoms with Crippen LogP contribution < -0.4 is 21.2 Å². The first kappa shape index (κ1) is 34.9. The van der Waals surface area contributed by atoms with Crippen molar-refractivity contribution in [2.45, 2.75) is 80.8 Å². The van der Waals surface area contributed by atoms with Crippen LogP contribution in [0.2, 0.25) is 0 Å². The predicted molar refractivity (Wildman–Crippen MR) is 211 cm³/mol. The van der Waals surface area contributed by atoms with Crippen LogP contribution >= 0.6 is 0 Å². The van der Waals surface area contributed by atoms with Crippen LogP contribution in [0.15, 0.2) is 53.6 Å². The molecule has 6 aliphatic rings. The van der Waals surface area contributed by atoms with E-state index in [1.165, 1.54) is 5.56 Å². The van der Waals surface area contributed by atoms with Gasteiger partial charge in [0.25, 0.3) is 5.91 Å². The van der Waals surface area contributed by atoms with E-state index in [4.69, 9.17) is 9.97 Å². The van der Waals surface area contributed by atoms with Gasteiger partial charge in [0.15, 0.2) is 0 Å². The largest absolute Gasteiger partial charge is 0.368 e. The summed E-state index contributed by atoms with van der Waals surface area (Å²) in [6.07, 6.45) is 11.8. The molecule has 4 aliphatic carbocycles. The number of hydrogen-bond donors (Lipinski definition) is 2. The average molecular weight is 758 g/mol. The first-order chi connectivity index (χ1) is 27.0. The Hall–Kier alpha value is -5.57. The van der Waals surface area contributed by atoms with Gasteiger partial charge in [0.05, 0.1) is 22.9 Å². The molecule has 0 spiro atoms. The molecular formula is C41H47N11O4. The number of fused-ring (bicyclic) bond motifs is 2. The van der Waals surface area contributed by atoms with Crippen LogP contribution in [0, 0.1) is 0 Å². The molecule has 56 heavy (non-hydrogen) atoms. The van der Waals surface area contributed by atoms with Crippen molar-refractivity contribution in [2.24, 2.45) is 7.05 Å². The molecule has 6 fully saturated rings. The molecule has 6 heterocycles. The SMILES string of the molecule is CN(C)C(=O)c1cc2cnc(Nc3ccc(N4CCN(C56CC(c7cccc8c7n(C)c(=O)n8[C@@H]7CCC(=O)NC7=O)(C5)C6)CC4)cn3)nc2n1C1CCCC1. The number of amides is 3. The van der Waals surface area contributed by atoms with Crippen molar-refractivity contribution in [2.75, 3.05) is 50.5 Å². The van der Waals surface area contributed by atoms with Gasteiger partial charge in [-0.2, -0.15) is 4.98 Å². The number of aryl methyl sites for hydroxylation is 1. The maximum atomic E-state index is 13.5. The molecule has 3 amide bonds. The molecule has 290 valence electrons. The number of aromatic nitrogens is 6. The molecule has 15 nitrogen and oxygen atoms in total. The highest BCUT2D eigenvalue weighted by Gasteiger charge is 2.71. The van der Waals surface area contributed by atoms with Crippen LogP contribution in [0.1, 0.15) is 85.9 Å². The summed E-state index contributed by atoms with van der Waals surface area (Å²) in [5.41, 5.74) is 5.37. The number of pyridine rings is 1. The summed E-state index contributed by atoms with van der Waals surface area (Å²) in [4.78, 5) is 72.0. The van der Waals surface area contributed by atoms with Gasteiger partial charge in [0.2, 0.25) is 17.8 Å². The second-order valence-electron chi connectivity index (χ2n) is 16.9. The minimum Gasteiger partial charge on any atom is -0.368 e. The van der Waals surface area contributed by atoms with Crippen LogP contribution in [0.25, 0.3) is 22.1 Å².